The maximum atomic E-state index is 12.3. The second kappa shape index (κ2) is 8.32. The Morgan fingerprint density at radius 1 is 1.25 bits per heavy atom. The van der Waals surface area contributed by atoms with E-state index in [4.69, 9.17) is 11.6 Å². The number of benzene rings is 1. The molecule has 0 bridgehead atoms. The third-order valence-electron chi connectivity index (χ3n) is 4.84. The van der Waals surface area contributed by atoms with E-state index in [9.17, 15) is 9.90 Å². The minimum Gasteiger partial charge on any atom is -0.390 e. The molecule has 0 aromatic heterocycles. The predicted molar refractivity (Wildman–Crippen MR) is 98.0 cm³/mol. The molecule has 0 spiro atoms. The molecule has 1 saturated heterocycles. The van der Waals surface area contributed by atoms with Crippen LogP contribution in [-0.4, -0.2) is 51.6 Å². The van der Waals surface area contributed by atoms with Gasteiger partial charge in [0.25, 0.3) is 0 Å². The fourth-order valence-electron chi connectivity index (χ4n) is 3.53. The van der Waals surface area contributed by atoms with Crippen LogP contribution in [0.2, 0.25) is 5.02 Å². The molecule has 0 saturated carbocycles. The predicted octanol–water partition coefficient (Wildman–Crippen LogP) is 3.31. The van der Waals surface area contributed by atoms with Gasteiger partial charge in [0.15, 0.2) is 0 Å². The Kier molecular flexibility index (Phi) is 6.67. The molecule has 1 aliphatic rings. The number of carbonyl (C=O) groups excluding carboxylic acids is 1. The second-order valence-electron chi connectivity index (χ2n) is 7.17. The number of aliphatic hydroxyl groups excluding tert-OH is 1. The van der Waals surface area contributed by atoms with Gasteiger partial charge in [0.1, 0.15) is 0 Å². The third kappa shape index (κ3) is 4.50. The Morgan fingerprint density at radius 2 is 1.88 bits per heavy atom. The molecule has 1 amide bonds. The Balaban J connectivity index is 2.10. The van der Waals surface area contributed by atoms with Gasteiger partial charge in [0.2, 0.25) is 5.91 Å². The molecule has 1 aliphatic heterocycles. The highest BCUT2D eigenvalue weighted by atomic mass is 35.5. The van der Waals surface area contributed by atoms with Crippen molar-refractivity contribution in [2.24, 2.45) is 0 Å². The van der Waals surface area contributed by atoms with Crippen LogP contribution in [0.5, 0.6) is 0 Å². The van der Waals surface area contributed by atoms with E-state index in [0.29, 0.717) is 43.0 Å². The van der Waals surface area contributed by atoms with Gasteiger partial charge >= 0.3 is 0 Å². The maximum Gasteiger partial charge on any atom is 0.223 e. The van der Waals surface area contributed by atoms with Crippen LogP contribution in [0.4, 0.5) is 0 Å². The summed E-state index contributed by atoms with van der Waals surface area (Å²) >= 11 is 6.24. The van der Waals surface area contributed by atoms with Crippen LogP contribution in [0.15, 0.2) is 24.3 Å². The van der Waals surface area contributed by atoms with Crippen LogP contribution in [0.1, 0.15) is 46.1 Å². The zero-order valence-electron chi connectivity index (χ0n) is 15.1. The summed E-state index contributed by atoms with van der Waals surface area (Å²) in [6.45, 7) is 9.57. The molecule has 0 unspecified atom stereocenters. The zero-order chi connectivity index (χ0) is 17.9. The molecule has 2 rings (SSSR count). The Bertz CT molecular complexity index is 554. The van der Waals surface area contributed by atoms with Crippen LogP contribution in [0, 0.1) is 0 Å². The average molecular weight is 353 g/mol. The normalized spacial score (nSPS) is 19.8. The van der Waals surface area contributed by atoms with Crippen molar-refractivity contribution >= 4 is 17.5 Å². The van der Waals surface area contributed by atoms with E-state index in [1.165, 1.54) is 0 Å². The SMILES string of the molecule is CC(C)N(C[C@H](O)[C@@H]1CCC(=O)N1Cc1ccccc1Cl)C(C)C. The van der Waals surface area contributed by atoms with Crippen LogP contribution in [-0.2, 0) is 11.3 Å². The lowest BCUT2D eigenvalue weighted by atomic mass is 10.1. The smallest absolute Gasteiger partial charge is 0.223 e. The molecule has 5 heteroatoms. The molecule has 0 aliphatic carbocycles. The fourth-order valence-corrected chi connectivity index (χ4v) is 3.72. The van der Waals surface area contributed by atoms with Crippen molar-refractivity contribution in [2.45, 2.75) is 71.3 Å². The largest absolute Gasteiger partial charge is 0.390 e. The maximum absolute atomic E-state index is 12.3. The fraction of sp³-hybridized carbons (Fsp3) is 0.632. The highest BCUT2D eigenvalue weighted by Gasteiger charge is 2.37. The van der Waals surface area contributed by atoms with E-state index in [2.05, 4.69) is 32.6 Å². The third-order valence-corrected chi connectivity index (χ3v) is 5.21. The first-order chi connectivity index (χ1) is 11.3. The molecule has 1 N–H and O–H groups in total. The van der Waals surface area contributed by atoms with Crippen molar-refractivity contribution < 1.29 is 9.90 Å². The summed E-state index contributed by atoms with van der Waals surface area (Å²) in [6, 6.07) is 8.14. The van der Waals surface area contributed by atoms with Crippen LogP contribution >= 0.6 is 11.6 Å². The van der Waals surface area contributed by atoms with Crippen molar-refractivity contribution in [3.8, 4) is 0 Å². The van der Waals surface area contributed by atoms with Crippen molar-refractivity contribution in [3.63, 3.8) is 0 Å². The quantitative estimate of drug-likeness (QED) is 0.818. The lowest BCUT2D eigenvalue weighted by Gasteiger charge is -2.36. The number of aliphatic hydroxyl groups is 1. The van der Waals surface area contributed by atoms with Crippen LogP contribution in [0.25, 0.3) is 0 Å². The van der Waals surface area contributed by atoms with Crippen molar-refractivity contribution in [1.29, 1.82) is 0 Å². The van der Waals surface area contributed by atoms with Gasteiger partial charge in [-0.2, -0.15) is 0 Å². The molecule has 1 aromatic carbocycles. The number of carbonyl (C=O) groups is 1. The van der Waals surface area contributed by atoms with E-state index < -0.39 is 6.10 Å². The summed E-state index contributed by atoms with van der Waals surface area (Å²) in [5.74, 6) is 0.0969. The van der Waals surface area contributed by atoms with E-state index in [0.717, 1.165) is 5.56 Å². The van der Waals surface area contributed by atoms with E-state index in [-0.39, 0.29) is 11.9 Å². The molecule has 1 heterocycles. The van der Waals surface area contributed by atoms with Crippen molar-refractivity contribution in [3.05, 3.63) is 34.9 Å². The molecule has 0 radical (unpaired) electrons. The Morgan fingerprint density at radius 3 is 2.46 bits per heavy atom. The number of hydrogen-bond donors (Lipinski definition) is 1. The number of amides is 1. The molecule has 24 heavy (non-hydrogen) atoms. The first kappa shape index (κ1) is 19.2. The molecular weight excluding hydrogens is 324 g/mol. The van der Waals surface area contributed by atoms with Gasteiger partial charge < -0.3 is 10.0 Å². The standard InChI is InChI=1S/C19H29ClN2O2/c1-13(2)21(14(3)4)12-18(23)17-9-10-19(24)22(17)11-15-7-5-6-8-16(15)20/h5-8,13-14,17-18,23H,9-12H2,1-4H3/t17-,18-/m0/s1. The minimum atomic E-state index is -0.552. The monoisotopic (exact) mass is 352 g/mol. The molecule has 134 valence electrons. The minimum absolute atomic E-state index is 0.0969. The number of rotatable bonds is 7. The van der Waals surface area contributed by atoms with E-state index in [1.807, 2.05) is 24.3 Å². The Hall–Kier alpha value is -1.10. The topological polar surface area (TPSA) is 43.8 Å². The summed E-state index contributed by atoms with van der Waals surface area (Å²) < 4.78 is 0. The van der Waals surface area contributed by atoms with Gasteiger partial charge in [-0.15, -0.1) is 0 Å². The second-order valence-corrected chi connectivity index (χ2v) is 7.58. The first-order valence-electron chi connectivity index (χ1n) is 8.78. The molecule has 4 nitrogen and oxygen atoms in total. The highest BCUT2D eigenvalue weighted by molar-refractivity contribution is 6.31. The summed E-state index contributed by atoms with van der Waals surface area (Å²) in [6.07, 6.45) is 0.646. The van der Waals surface area contributed by atoms with Gasteiger partial charge in [0.05, 0.1) is 12.1 Å². The first-order valence-corrected chi connectivity index (χ1v) is 9.15. The molecular formula is C19H29ClN2O2. The lowest BCUT2D eigenvalue weighted by Crippen LogP contribution is -2.49. The summed E-state index contributed by atoms with van der Waals surface area (Å²) in [5, 5.41) is 11.4. The van der Waals surface area contributed by atoms with Crippen molar-refractivity contribution in [1.82, 2.24) is 9.80 Å². The number of nitrogens with zero attached hydrogens (tertiary/aromatic N) is 2. The van der Waals surface area contributed by atoms with Crippen LogP contribution in [0.3, 0.4) is 0 Å². The molecule has 1 aromatic rings. The summed E-state index contributed by atoms with van der Waals surface area (Å²) in [4.78, 5) is 16.4. The van der Waals surface area contributed by atoms with E-state index in [1.54, 1.807) is 4.90 Å². The molecule has 1 fully saturated rings. The number of likely N-dealkylation sites (tertiary alicyclic amines) is 1. The summed E-state index contributed by atoms with van der Waals surface area (Å²) in [5.41, 5.74) is 0.927. The van der Waals surface area contributed by atoms with E-state index >= 15 is 0 Å². The average Bonchev–Trinajstić information content (AvgIpc) is 2.87. The zero-order valence-corrected chi connectivity index (χ0v) is 15.8. The highest BCUT2D eigenvalue weighted by Crippen LogP contribution is 2.27. The van der Waals surface area contributed by atoms with Crippen LogP contribution < -0.4 is 0 Å². The van der Waals surface area contributed by atoms with Gasteiger partial charge in [-0.25, -0.2) is 0 Å². The van der Waals surface area contributed by atoms with Gasteiger partial charge in [-0.3, -0.25) is 9.69 Å². The number of hydrogen-bond acceptors (Lipinski definition) is 3. The molecule has 2 atom stereocenters. The van der Waals surface area contributed by atoms with Gasteiger partial charge in [0, 0.05) is 36.6 Å². The number of halogens is 1. The summed E-state index contributed by atoms with van der Waals surface area (Å²) in [7, 11) is 0. The van der Waals surface area contributed by atoms with Gasteiger partial charge in [-0.1, -0.05) is 29.8 Å². The van der Waals surface area contributed by atoms with Crippen molar-refractivity contribution in [2.75, 3.05) is 6.54 Å². The Labute approximate surface area is 150 Å². The lowest BCUT2D eigenvalue weighted by molar-refractivity contribution is -0.131. The van der Waals surface area contributed by atoms with Gasteiger partial charge in [-0.05, 0) is 45.7 Å².